The average Bonchev–Trinajstić information content (AvgIpc) is 3.59. The minimum absolute atomic E-state index is 0.148. The maximum absolute atomic E-state index is 13.0. The largest absolute Gasteiger partial charge is 0.459 e. The Morgan fingerprint density at radius 3 is 2.69 bits per heavy atom. The molecule has 0 aliphatic carbocycles. The highest BCUT2D eigenvalue weighted by Crippen LogP contribution is 2.30. The number of nitrogens with zero attached hydrogens (tertiary/aromatic N) is 5. The molecule has 0 bridgehead atoms. The number of aromatic amines is 1. The van der Waals surface area contributed by atoms with Crippen LogP contribution in [-0.4, -0.2) is 52.2 Å². The second kappa shape index (κ2) is 8.24. The molecular weight excluding hydrogens is 432 g/mol. The van der Waals surface area contributed by atoms with E-state index in [-0.39, 0.29) is 17.5 Å². The van der Waals surface area contributed by atoms with E-state index >= 15 is 0 Å². The van der Waals surface area contributed by atoms with Gasteiger partial charge in [0.2, 0.25) is 11.6 Å². The van der Waals surface area contributed by atoms with Crippen LogP contribution in [0.3, 0.4) is 0 Å². The van der Waals surface area contributed by atoms with Gasteiger partial charge in [-0.3, -0.25) is 9.89 Å². The summed E-state index contributed by atoms with van der Waals surface area (Å²) in [5.41, 5.74) is 1.96. The topological polar surface area (TPSA) is 115 Å². The molecule has 1 aliphatic heterocycles. The molecule has 0 spiro atoms. The predicted molar refractivity (Wildman–Crippen MR) is 116 cm³/mol. The molecular formula is C22H17ClN6O3. The molecule has 5 rings (SSSR count). The summed E-state index contributed by atoms with van der Waals surface area (Å²) in [5, 5.41) is 17.1. The second-order valence-electron chi connectivity index (χ2n) is 7.19. The van der Waals surface area contributed by atoms with Crippen molar-refractivity contribution in [2.24, 2.45) is 0 Å². The van der Waals surface area contributed by atoms with E-state index in [9.17, 15) is 10.1 Å². The van der Waals surface area contributed by atoms with Crippen molar-refractivity contribution in [2.75, 3.05) is 31.1 Å². The Bertz CT molecular complexity index is 1300. The van der Waals surface area contributed by atoms with Gasteiger partial charge in [0, 0.05) is 31.7 Å². The monoisotopic (exact) mass is 448 g/mol. The minimum atomic E-state index is -0.148. The average molecular weight is 449 g/mol. The molecule has 9 nitrogen and oxygen atoms in total. The van der Waals surface area contributed by atoms with Crippen molar-refractivity contribution in [3.8, 4) is 29.0 Å². The lowest BCUT2D eigenvalue weighted by atomic mass is 10.1. The first-order chi connectivity index (χ1) is 15.6. The first kappa shape index (κ1) is 19.9. The van der Waals surface area contributed by atoms with Crippen LogP contribution in [0.25, 0.3) is 22.9 Å². The molecule has 1 aliphatic rings. The number of rotatable bonds is 4. The maximum atomic E-state index is 13.0. The van der Waals surface area contributed by atoms with Crippen LogP contribution in [-0.2, 0) is 0 Å². The van der Waals surface area contributed by atoms with Gasteiger partial charge in [0.05, 0.1) is 17.0 Å². The van der Waals surface area contributed by atoms with Crippen molar-refractivity contribution in [3.05, 3.63) is 65.1 Å². The molecule has 32 heavy (non-hydrogen) atoms. The van der Waals surface area contributed by atoms with E-state index in [4.69, 9.17) is 20.4 Å². The molecule has 4 aromatic rings. The molecule has 1 N–H and O–H groups in total. The summed E-state index contributed by atoms with van der Waals surface area (Å²) in [6, 6.07) is 14.6. The zero-order valence-corrected chi connectivity index (χ0v) is 17.5. The number of furan rings is 1. The minimum Gasteiger partial charge on any atom is -0.459 e. The number of H-pyrrole nitrogens is 1. The van der Waals surface area contributed by atoms with E-state index in [0.717, 1.165) is 5.56 Å². The van der Waals surface area contributed by atoms with Gasteiger partial charge < -0.3 is 18.6 Å². The van der Waals surface area contributed by atoms with E-state index in [2.05, 4.69) is 21.3 Å². The van der Waals surface area contributed by atoms with E-state index in [1.165, 1.54) is 6.26 Å². The number of carbonyl (C=O) groups is 1. The van der Waals surface area contributed by atoms with Crippen LogP contribution >= 0.6 is 11.6 Å². The van der Waals surface area contributed by atoms with Crippen LogP contribution in [0.4, 0.5) is 5.88 Å². The molecule has 0 radical (unpaired) electrons. The molecule has 4 heterocycles. The Labute approximate surface area is 187 Å². The summed E-state index contributed by atoms with van der Waals surface area (Å²) in [5.74, 6) is 0.943. The molecule has 1 saturated heterocycles. The maximum Gasteiger partial charge on any atom is 0.272 e. The number of oxazole rings is 1. The van der Waals surface area contributed by atoms with Crippen molar-refractivity contribution < 1.29 is 13.6 Å². The number of nitrogens with one attached hydrogen (secondary N) is 1. The third-order valence-corrected chi connectivity index (χ3v) is 5.59. The van der Waals surface area contributed by atoms with Gasteiger partial charge in [-0.25, -0.2) is 0 Å². The first-order valence-electron chi connectivity index (χ1n) is 9.93. The molecule has 1 amide bonds. The Morgan fingerprint density at radius 1 is 1.16 bits per heavy atom. The molecule has 3 aromatic heterocycles. The van der Waals surface area contributed by atoms with Gasteiger partial charge in [-0.05, 0) is 24.3 Å². The van der Waals surface area contributed by atoms with Crippen LogP contribution in [0, 0.1) is 11.3 Å². The number of halogens is 1. The van der Waals surface area contributed by atoms with E-state index in [1.54, 1.807) is 29.2 Å². The number of hydrogen-bond donors (Lipinski definition) is 1. The normalized spacial score (nSPS) is 13.9. The SMILES string of the molecule is N#Cc1nc(-c2ccco2)oc1N1CCN(C(=O)c2cc(-c3ccccc3Cl)n[nH]2)CC1. The molecule has 10 heteroatoms. The summed E-state index contributed by atoms with van der Waals surface area (Å²) in [6.07, 6.45) is 1.52. The third-order valence-electron chi connectivity index (χ3n) is 5.26. The highest BCUT2D eigenvalue weighted by molar-refractivity contribution is 6.33. The summed E-state index contributed by atoms with van der Waals surface area (Å²) < 4.78 is 11.1. The van der Waals surface area contributed by atoms with E-state index in [1.807, 2.05) is 23.1 Å². The third kappa shape index (κ3) is 3.61. The van der Waals surface area contributed by atoms with Crippen LogP contribution in [0.15, 0.2) is 57.6 Å². The van der Waals surface area contributed by atoms with Gasteiger partial charge in [0.25, 0.3) is 11.8 Å². The van der Waals surface area contributed by atoms with Gasteiger partial charge in [0.1, 0.15) is 11.8 Å². The number of benzene rings is 1. The van der Waals surface area contributed by atoms with Crippen LogP contribution in [0.1, 0.15) is 16.2 Å². The fourth-order valence-corrected chi connectivity index (χ4v) is 3.86. The molecule has 0 atom stereocenters. The predicted octanol–water partition coefficient (Wildman–Crippen LogP) is 3.81. The fourth-order valence-electron chi connectivity index (χ4n) is 3.63. The van der Waals surface area contributed by atoms with Crippen molar-refractivity contribution >= 4 is 23.4 Å². The van der Waals surface area contributed by atoms with Crippen molar-refractivity contribution in [1.82, 2.24) is 20.1 Å². The number of piperazine rings is 1. The number of amides is 1. The smallest absolute Gasteiger partial charge is 0.272 e. The number of aromatic nitrogens is 3. The van der Waals surface area contributed by atoms with Gasteiger partial charge in [-0.1, -0.05) is 29.8 Å². The van der Waals surface area contributed by atoms with Gasteiger partial charge in [-0.2, -0.15) is 15.3 Å². The molecule has 160 valence electrons. The Kier molecular flexibility index (Phi) is 5.13. The van der Waals surface area contributed by atoms with Crippen LogP contribution in [0.2, 0.25) is 5.02 Å². The second-order valence-corrected chi connectivity index (χ2v) is 7.60. The number of hydrogen-bond acceptors (Lipinski definition) is 7. The quantitative estimate of drug-likeness (QED) is 0.504. The van der Waals surface area contributed by atoms with E-state index in [0.29, 0.717) is 54.2 Å². The molecule has 0 unspecified atom stereocenters. The number of carbonyl (C=O) groups excluding carboxylic acids is 1. The van der Waals surface area contributed by atoms with E-state index < -0.39 is 0 Å². The summed E-state index contributed by atoms with van der Waals surface area (Å²) in [6.45, 7) is 1.92. The van der Waals surface area contributed by atoms with Crippen LogP contribution < -0.4 is 4.90 Å². The summed E-state index contributed by atoms with van der Waals surface area (Å²) >= 11 is 6.23. The van der Waals surface area contributed by atoms with Crippen molar-refractivity contribution in [1.29, 1.82) is 5.26 Å². The number of anilines is 1. The molecule has 1 fully saturated rings. The van der Waals surface area contributed by atoms with Gasteiger partial charge in [-0.15, -0.1) is 0 Å². The lowest BCUT2D eigenvalue weighted by molar-refractivity contribution is 0.0739. The van der Waals surface area contributed by atoms with Crippen molar-refractivity contribution in [2.45, 2.75) is 0 Å². The fraction of sp³-hybridized carbons (Fsp3) is 0.182. The Balaban J connectivity index is 1.28. The Morgan fingerprint density at radius 2 is 1.97 bits per heavy atom. The summed E-state index contributed by atoms with van der Waals surface area (Å²) in [4.78, 5) is 20.8. The highest BCUT2D eigenvalue weighted by atomic mass is 35.5. The van der Waals surface area contributed by atoms with Gasteiger partial charge in [0.15, 0.2) is 5.76 Å². The standard InChI is InChI=1S/C22H17ClN6O3/c23-15-5-2-1-4-14(15)16-12-17(27-26-16)21(30)28-7-9-29(10-8-28)22-18(13-24)25-20(32-22)19-6-3-11-31-19/h1-6,11-12H,7-10H2,(H,26,27). The number of nitriles is 1. The lowest BCUT2D eigenvalue weighted by Gasteiger charge is -2.34. The Hall–Kier alpha value is -4.03. The lowest BCUT2D eigenvalue weighted by Crippen LogP contribution is -2.49. The van der Waals surface area contributed by atoms with Crippen LogP contribution in [0.5, 0.6) is 0 Å². The highest BCUT2D eigenvalue weighted by Gasteiger charge is 2.28. The summed E-state index contributed by atoms with van der Waals surface area (Å²) in [7, 11) is 0. The van der Waals surface area contributed by atoms with Crippen molar-refractivity contribution in [3.63, 3.8) is 0 Å². The zero-order chi connectivity index (χ0) is 22.1. The molecule has 1 aromatic carbocycles. The van der Waals surface area contributed by atoms with Gasteiger partial charge >= 0.3 is 0 Å². The first-order valence-corrected chi connectivity index (χ1v) is 10.3. The zero-order valence-electron chi connectivity index (χ0n) is 16.8. The molecule has 0 saturated carbocycles.